The van der Waals surface area contributed by atoms with E-state index in [1.807, 2.05) is 54.6 Å². The molecule has 27 heavy (non-hydrogen) atoms. The van der Waals surface area contributed by atoms with Gasteiger partial charge in [-0.3, -0.25) is 10.9 Å². The lowest BCUT2D eigenvalue weighted by Crippen LogP contribution is -2.33. The molecular formula is C18H19IN6S2. The van der Waals surface area contributed by atoms with Crippen molar-refractivity contribution in [3.63, 3.8) is 0 Å². The molecule has 0 aliphatic heterocycles. The van der Waals surface area contributed by atoms with Gasteiger partial charge < -0.3 is 10.6 Å². The zero-order valence-corrected chi connectivity index (χ0v) is 18.6. The fourth-order valence-corrected chi connectivity index (χ4v) is 2.49. The highest BCUT2D eigenvalue weighted by atomic mass is 127. The van der Waals surface area contributed by atoms with Crippen molar-refractivity contribution < 1.29 is 0 Å². The van der Waals surface area contributed by atoms with Crippen molar-refractivity contribution in [1.82, 2.24) is 21.5 Å². The van der Waals surface area contributed by atoms with Gasteiger partial charge in [0.05, 0.1) is 0 Å². The third-order valence-corrected chi connectivity index (χ3v) is 4.69. The predicted molar refractivity (Wildman–Crippen MR) is 128 cm³/mol. The number of nitrogens with one attached hydrogen (secondary N) is 4. The van der Waals surface area contributed by atoms with Crippen molar-refractivity contribution in [2.45, 2.75) is 0 Å². The Morgan fingerprint density at radius 1 is 0.741 bits per heavy atom. The van der Waals surface area contributed by atoms with E-state index in [4.69, 9.17) is 24.4 Å². The van der Waals surface area contributed by atoms with Crippen LogP contribution in [0.2, 0.25) is 0 Å². The number of halogens is 1. The summed E-state index contributed by atoms with van der Waals surface area (Å²) in [5, 5.41) is 15.5. The standard InChI is InChI=1S/C18H19IN6S2/c1-20-17(26)24-22-15(12-6-4-3-5-7-12)16(23-25-18(27)21-2)13-8-10-14(19)11-9-13/h3-11H,1-2H3,(H2,20,24,26)(H2,21,25,27). The summed E-state index contributed by atoms with van der Waals surface area (Å²) in [6.07, 6.45) is 0. The van der Waals surface area contributed by atoms with Gasteiger partial charge in [-0.15, -0.1) is 0 Å². The molecule has 0 unspecified atom stereocenters. The van der Waals surface area contributed by atoms with Gasteiger partial charge in [-0.1, -0.05) is 42.5 Å². The molecule has 0 spiro atoms. The quantitative estimate of drug-likeness (QED) is 0.215. The van der Waals surface area contributed by atoms with Crippen molar-refractivity contribution in [2.24, 2.45) is 10.2 Å². The van der Waals surface area contributed by atoms with Gasteiger partial charge in [0.2, 0.25) is 0 Å². The number of hydrazone groups is 2. The molecule has 0 aliphatic rings. The molecule has 2 aromatic carbocycles. The highest BCUT2D eigenvalue weighted by molar-refractivity contribution is 14.1. The number of hydrogen-bond donors (Lipinski definition) is 4. The van der Waals surface area contributed by atoms with Crippen LogP contribution in [0.15, 0.2) is 64.8 Å². The van der Waals surface area contributed by atoms with Gasteiger partial charge >= 0.3 is 0 Å². The molecule has 0 saturated carbocycles. The van der Waals surface area contributed by atoms with Crippen molar-refractivity contribution in [3.05, 3.63) is 69.3 Å². The van der Waals surface area contributed by atoms with Crippen LogP contribution in [0, 0.1) is 3.57 Å². The van der Waals surface area contributed by atoms with Crippen LogP contribution in [0.25, 0.3) is 0 Å². The summed E-state index contributed by atoms with van der Waals surface area (Å²) in [6, 6.07) is 17.7. The summed E-state index contributed by atoms with van der Waals surface area (Å²) >= 11 is 12.6. The van der Waals surface area contributed by atoms with Gasteiger partial charge in [0, 0.05) is 28.8 Å². The zero-order valence-electron chi connectivity index (χ0n) is 14.8. The number of hydrogen-bond acceptors (Lipinski definition) is 4. The molecule has 0 amide bonds. The Balaban J connectivity index is 2.56. The van der Waals surface area contributed by atoms with Gasteiger partial charge in [-0.25, -0.2) is 0 Å². The first kappa shape index (κ1) is 21.2. The van der Waals surface area contributed by atoms with Crippen molar-refractivity contribution >= 4 is 68.7 Å². The molecule has 0 saturated heterocycles. The summed E-state index contributed by atoms with van der Waals surface area (Å²) < 4.78 is 1.13. The minimum absolute atomic E-state index is 0.407. The monoisotopic (exact) mass is 510 g/mol. The van der Waals surface area contributed by atoms with Crippen LogP contribution < -0.4 is 21.5 Å². The molecule has 0 bridgehead atoms. The van der Waals surface area contributed by atoms with E-state index in [9.17, 15) is 0 Å². The Labute approximate surface area is 183 Å². The maximum absolute atomic E-state index is 5.16. The number of thiocarbonyl (C=S) groups is 2. The molecule has 2 aromatic rings. The van der Waals surface area contributed by atoms with E-state index in [-0.39, 0.29) is 0 Å². The minimum atomic E-state index is 0.407. The normalized spacial score (nSPS) is 11.5. The SMILES string of the molecule is CNC(=S)NN=C(C(=NNC(=S)NC)c1ccc(I)cc1)c1ccccc1. The average molecular weight is 510 g/mol. The smallest absolute Gasteiger partial charge is 0.186 e. The molecule has 6 nitrogen and oxygen atoms in total. The average Bonchev–Trinajstić information content (AvgIpc) is 2.71. The first-order chi connectivity index (χ1) is 13.0. The maximum Gasteiger partial charge on any atom is 0.186 e. The highest BCUT2D eigenvalue weighted by Gasteiger charge is 2.16. The van der Waals surface area contributed by atoms with E-state index in [2.05, 4.69) is 54.3 Å². The van der Waals surface area contributed by atoms with Gasteiger partial charge in [0.15, 0.2) is 10.2 Å². The van der Waals surface area contributed by atoms with Crippen LogP contribution in [-0.4, -0.2) is 35.7 Å². The summed E-state index contributed by atoms with van der Waals surface area (Å²) in [4.78, 5) is 0. The second-order valence-electron chi connectivity index (χ2n) is 5.18. The number of nitrogens with zero attached hydrogens (tertiary/aromatic N) is 2. The molecule has 9 heteroatoms. The molecule has 4 N–H and O–H groups in total. The van der Waals surface area contributed by atoms with Gasteiger partial charge in [0.1, 0.15) is 11.4 Å². The predicted octanol–water partition coefficient (Wildman–Crippen LogP) is 2.59. The van der Waals surface area contributed by atoms with Crippen LogP contribution >= 0.6 is 47.0 Å². The number of rotatable bonds is 5. The summed E-state index contributed by atoms with van der Waals surface area (Å²) in [6.45, 7) is 0. The van der Waals surface area contributed by atoms with Crippen molar-refractivity contribution in [3.8, 4) is 0 Å². The van der Waals surface area contributed by atoms with Gasteiger partial charge in [-0.05, 0) is 59.2 Å². The second kappa shape index (κ2) is 10.9. The Hall–Kier alpha value is -2.11. The fraction of sp³-hybridized carbons (Fsp3) is 0.111. The van der Waals surface area contributed by atoms with Crippen LogP contribution in [0.4, 0.5) is 0 Å². The van der Waals surface area contributed by atoms with Crippen LogP contribution in [0.5, 0.6) is 0 Å². The maximum atomic E-state index is 5.16. The van der Waals surface area contributed by atoms with Crippen LogP contribution in [0.1, 0.15) is 11.1 Å². The van der Waals surface area contributed by atoms with E-state index < -0.39 is 0 Å². The van der Waals surface area contributed by atoms with E-state index >= 15 is 0 Å². The Bertz CT molecular complexity index is 850. The number of benzene rings is 2. The molecule has 0 fully saturated rings. The Kier molecular flexibility index (Phi) is 8.55. The summed E-state index contributed by atoms with van der Waals surface area (Å²) in [7, 11) is 3.46. The molecule has 0 heterocycles. The zero-order chi connectivity index (χ0) is 19.6. The molecule has 0 aromatic heterocycles. The van der Waals surface area contributed by atoms with Crippen molar-refractivity contribution in [2.75, 3.05) is 14.1 Å². The first-order valence-electron chi connectivity index (χ1n) is 7.97. The lowest BCUT2D eigenvalue weighted by atomic mass is 10.00. The van der Waals surface area contributed by atoms with Crippen LogP contribution in [0.3, 0.4) is 0 Å². The third-order valence-electron chi connectivity index (χ3n) is 3.38. The topological polar surface area (TPSA) is 72.8 Å². The van der Waals surface area contributed by atoms with Crippen molar-refractivity contribution in [1.29, 1.82) is 0 Å². The molecule has 0 aliphatic carbocycles. The highest BCUT2D eigenvalue weighted by Crippen LogP contribution is 2.12. The first-order valence-corrected chi connectivity index (χ1v) is 9.87. The lowest BCUT2D eigenvalue weighted by molar-refractivity contribution is 0.967. The molecule has 0 radical (unpaired) electrons. The van der Waals surface area contributed by atoms with Gasteiger partial charge in [-0.2, -0.15) is 10.2 Å². The molecule has 2 rings (SSSR count). The largest absolute Gasteiger partial charge is 0.364 e. The molecule has 140 valence electrons. The summed E-state index contributed by atoms with van der Waals surface area (Å²) in [5.74, 6) is 0. The fourth-order valence-electron chi connectivity index (χ4n) is 2.04. The van der Waals surface area contributed by atoms with E-state index in [1.165, 1.54) is 0 Å². The third kappa shape index (κ3) is 6.52. The molecular weight excluding hydrogens is 491 g/mol. The summed E-state index contributed by atoms with van der Waals surface area (Å²) in [5.41, 5.74) is 8.72. The van der Waals surface area contributed by atoms with E-state index in [0.29, 0.717) is 21.6 Å². The molecule has 0 atom stereocenters. The second-order valence-corrected chi connectivity index (χ2v) is 7.24. The van der Waals surface area contributed by atoms with E-state index in [0.717, 1.165) is 14.7 Å². The van der Waals surface area contributed by atoms with Crippen LogP contribution in [-0.2, 0) is 0 Å². The Morgan fingerprint density at radius 3 is 1.63 bits per heavy atom. The van der Waals surface area contributed by atoms with E-state index in [1.54, 1.807) is 14.1 Å². The lowest BCUT2D eigenvalue weighted by Gasteiger charge is -2.13. The van der Waals surface area contributed by atoms with Gasteiger partial charge in [0.25, 0.3) is 0 Å². The minimum Gasteiger partial charge on any atom is -0.364 e. The Morgan fingerprint density at radius 2 is 1.19 bits per heavy atom.